The molecule has 1 aromatic carbocycles. The molecule has 25 heavy (non-hydrogen) atoms. The zero-order valence-corrected chi connectivity index (χ0v) is 14.5. The van der Waals surface area contributed by atoms with E-state index in [1.165, 1.54) is 0 Å². The first-order valence-corrected chi connectivity index (χ1v) is 8.41. The van der Waals surface area contributed by atoms with E-state index < -0.39 is 0 Å². The summed E-state index contributed by atoms with van der Waals surface area (Å²) < 4.78 is 7.65. The Kier molecular flexibility index (Phi) is 4.85. The van der Waals surface area contributed by atoms with Gasteiger partial charge in [0.1, 0.15) is 5.75 Å². The average molecular weight is 332 g/mol. The third-order valence-electron chi connectivity index (χ3n) is 4.35. The van der Waals surface area contributed by atoms with Gasteiger partial charge >= 0.3 is 0 Å². The summed E-state index contributed by atoms with van der Waals surface area (Å²) in [6, 6.07) is 15.3. The van der Waals surface area contributed by atoms with Gasteiger partial charge in [0.25, 0.3) is 0 Å². The minimum Gasteiger partial charge on any atom is -0.493 e. The number of nitriles is 1. The van der Waals surface area contributed by atoms with Gasteiger partial charge in [-0.05, 0) is 43.7 Å². The Morgan fingerprint density at radius 1 is 1.20 bits per heavy atom. The van der Waals surface area contributed by atoms with Gasteiger partial charge in [-0.1, -0.05) is 18.2 Å². The Morgan fingerprint density at radius 3 is 2.72 bits per heavy atom. The van der Waals surface area contributed by atoms with Gasteiger partial charge in [0.2, 0.25) is 0 Å². The quantitative estimate of drug-likeness (QED) is 0.631. The number of para-hydroxylation sites is 1. The van der Waals surface area contributed by atoms with Crippen LogP contribution in [0.4, 0.5) is 0 Å². The Hall–Kier alpha value is -3.06. The number of ether oxygens (including phenoxy) is 1. The summed E-state index contributed by atoms with van der Waals surface area (Å²) in [7, 11) is 0. The molecule has 0 fully saturated rings. The molecule has 0 saturated carbocycles. The fraction of sp³-hybridized carbons (Fsp3) is 0.238. The predicted molar refractivity (Wildman–Crippen MR) is 97.1 cm³/mol. The molecule has 0 atom stereocenters. The van der Waals surface area contributed by atoms with E-state index in [1.54, 1.807) is 6.07 Å². The number of hydrogen-bond acceptors (Lipinski definition) is 3. The molecule has 0 aliphatic heterocycles. The molecule has 3 aromatic rings. The monoisotopic (exact) mass is 332 g/mol. The Labute approximate surface area is 147 Å². The molecule has 126 valence electrons. The summed E-state index contributed by atoms with van der Waals surface area (Å²) >= 11 is 0. The van der Waals surface area contributed by atoms with Crippen LogP contribution < -0.4 is 4.74 Å². The highest BCUT2D eigenvalue weighted by Gasteiger charge is 2.23. The lowest BCUT2D eigenvalue weighted by atomic mass is 9.98. The van der Waals surface area contributed by atoms with Crippen molar-refractivity contribution in [2.24, 2.45) is 0 Å². The summed E-state index contributed by atoms with van der Waals surface area (Å²) in [5.41, 5.74) is 4.05. The third kappa shape index (κ3) is 3.01. The van der Waals surface area contributed by atoms with Crippen LogP contribution >= 0.6 is 0 Å². The maximum absolute atomic E-state index is 13.3. The van der Waals surface area contributed by atoms with Crippen molar-refractivity contribution >= 4 is 11.3 Å². The standard InChI is InChI=1S/C21H20N2O2/c1-3-25-19-12-5-4-9-16(19)21(24)20-15(2)17(11-8-13-22)23-14-7-6-10-18(20)23/h4-7,9-10,12,14H,3,8,11H2,1-2H3. The normalized spacial score (nSPS) is 10.6. The predicted octanol–water partition coefficient (Wildman–Crippen LogP) is 4.33. The van der Waals surface area contributed by atoms with E-state index in [-0.39, 0.29) is 5.78 Å². The number of fused-ring (bicyclic) bond motifs is 1. The molecular weight excluding hydrogens is 312 g/mol. The number of rotatable bonds is 6. The summed E-state index contributed by atoms with van der Waals surface area (Å²) in [4.78, 5) is 13.3. The highest BCUT2D eigenvalue weighted by molar-refractivity contribution is 6.16. The molecule has 0 bridgehead atoms. The van der Waals surface area contributed by atoms with E-state index in [0.29, 0.717) is 36.3 Å². The van der Waals surface area contributed by atoms with E-state index in [9.17, 15) is 4.79 Å². The molecule has 3 rings (SSSR count). The van der Waals surface area contributed by atoms with E-state index in [1.807, 2.05) is 60.8 Å². The fourth-order valence-electron chi connectivity index (χ4n) is 3.24. The van der Waals surface area contributed by atoms with Crippen LogP contribution in [0, 0.1) is 18.3 Å². The molecule has 0 N–H and O–H groups in total. The number of aromatic nitrogens is 1. The van der Waals surface area contributed by atoms with Crippen molar-refractivity contribution in [2.75, 3.05) is 6.61 Å². The average Bonchev–Trinajstić information content (AvgIpc) is 2.91. The largest absolute Gasteiger partial charge is 0.493 e. The zero-order chi connectivity index (χ0) is 17.8. The van der Waals surface area contributed by atoms with Crippen molar-refractivity contribution in [3.8, 4) is 11.8 Å². The molecule has 2 aromatic heterocycles. The van der Waals surface area contributed by atoms with Gasteiger partial charge in [0.05, 0.1) is 29.3 Å². The molecule has 0 radical (unpaired) electrons. The summed E-state index contributed by atoms with van der Waals surface area (Å²) in [6.07, 6.45) is 2.99. The van der Waals surface area contributed by atoms with E-state index in [2.05, 4.69) is 6.07 Å². The third-order valence-corrected chi connectivity index (χ3v) is 4.35. The lowest BCUT2D eigenvalue weighted by Crippen LogP contribution is -2.06. The molecular formula is C21H20N2O2. The number of carbonyl (C=O) groups is 1. The Bertz CT molecular complexity index is 964. The maximum atomic E-state index is 13.3. The van der Waals surface area contributed by atoms with Gasteiger partial charge in [0, 0.05) is 24.7 Å². The SMILES string of the molecule is CCOc1ccccc1C(=O)c1c(C)c(CCC#N)n2ccccc12. The number of aryl methyl sites for hydroxylation is 1. The fourth-order valence-corrected chi connectivity index (χ4v) is 3.24. The van der Waals surface area contributed by atoms with Gasteiger partial charge in [0.15, 0.2) is 5.78 Å². The lowest BCUT2D eigenvalue weighted by Gasteiger charge is -2.09. The van der Waals surface area contributed by atoms with E-state index in [4.69, 9.17) is 10.00 Å². The highest BCUT2D eigenvalue weighted by atomic mass is 16.5. The minimum absolute atomic E-state index is 0.0477. The maximum Gasteiger partial charge on any atom is 0.199 e. The topological polar surface area (TPSA) is 54.5 Å². The number of carbonyl (C=O) groups excluding carboxylic acids is 1. The number of pyridine rings is 1. The van der Waals surface area contributed by atoms with E-state index in [0.717, 1.165) is 16.8 Å². The van der Waals surface area contributed by atoms with Crippen molar-refractivity contribution in [1.29, 1.82) is 5.26 Å². The molecule has 0 saturated heterocycles. The van der Waals surface area contributed by atoms with Crippen LogP contribution in [0.3, 0.4) is 0 Å². The van der Waals surface area contributed by atoms with Gasteiger partial charge in [-0.2, -0.15) is 5.26 Å². The molecule has 0 aliphatic rings. The van der Waals surface area contributed by atoms with Crippen LogP contribution in [0.5, 0.6) is 5.75 Å². The molecule has 0 unspecified atom stereocenters. The Morgan fingerprint density at radius 2 is 1.96 bits per heavy atom. The molecule has 0 aliphatic carbocycles. The molecule has 4 nitrogen and oxygen atoms in total. The van der Waals surface area contributed by atoms with Gasteiger partial charge < -0.3 is 9.14 Å². The van der Waals surface area contributed by atoms with Crippen molar-refractivity contribution in [3.05, 3.63) is 71.0 Å². The van der Waals surface area contributed by atoms with Crippen molar-refractivity contribution < 1.29 is 9.53 Å². The number of nitrogens with zero attached hydrogens (tertiary/aromatic N) is 2. The first-order chi connectivity index (χ1) is 12.2. The highest BCUT2D eigenvalue weighted by Crippen LogP contribution is 2.29. The van der Waals surface area contributed by atoms with Crippen LogP contribution in [0.25, 0.3) is 5.52 Å². The van der Waals surface area contributed by atoms with Crippen LogP contribution in [0.1, 0.15) is 40.5 Å². The summed E-state index contributed by atoms with van der Waals surface area (Å²) in [6.45, 7) is 4.36. The van der Waals surface area contributed by atoms with Crippen molar-refractivity contribution in [1.82, 2.24) is 4.40 Å². The second-order valence-electron chi connectivity index (χ2n) is 5.82. The summed E-state index contributed by atoms with van der Waals surface area (Å²) in [5.74, 6) is 0.553. The smallest absolute Gasteiger partial charge is 0.199 e. The Balaban J connectivity index is 2.18. The van der Waals surface area contributed by atoms with Crippen LogP contribution in [-0.2, 0) is 6.42 Å². The molecule has 2 heterocycles. The van der Waals surface area contributed by atoms with Crippen LogP contribution in [0.2, 0.25) is 0 Å². The number of benzene rings is 1. The second kappa shape index (κ2) is 7.23. The van der Waals surface area contributed by atoms with Crippen LogP contribution in [-0.4, -0.2) is 16.8 Å². The lowest BCUT2D eigenvalue weighted by molar-refractivity contribution is 0.103. The van der Waals surface area contributed by atoms with Gasteiger partial charge in [-0.15, -0.1) is 0 Å². The van der Waals surface area contributed by atoms with Gasteiger partial charge in [-0.25, -0.2) is 0 Å². The van der Waals surface area contributed by atoms with Crippen molar-refractivity contribution in [3.63, 3.8) is 0 Å². The minimum atomic E-state index is -0.0477. The second-order valence-corrected chi connectivity index (χ2v) is 5.82. The van der Waals surface area contributed by atoms with E-state index >= 15 is 0 Å². The van der Waals surface area contributed by atoms with Crippen LogP contribution in [0.15, 0.2) is 48.7 Å². The zero-order valence-electron chi connectivity index (χ0n) is 14.5. The molecule has 4 heteroatoms. The van der Waals surface area contributed by atoms with Gasteiger partial charge in [-0.3, -0.25) is 4.79 Å². The number of hydrogen-bond donors (Lipinski definition) is 0. The summed E-state index contributed by atoms with van der Waals surface area (Å²) in [5, 5.41) is 8.94. The first-order valence-electron chi connectivity index (χ1n) is 8.41. The number of ketones is 1. The van der Waals surface area contributed by atoms with Crippen molar-refractivity contribution in [2.45, 2.75) is 26.7 Å². The molecule has 0 spiro atoms. The first kappa shape index (κ1) is 16.8. The molecule has 0 amide bonds.